The van der Waals surface area contributed by atoms with Crippen LogP contribution in [0.25, 0.3) is 0 Å². The first kappa shape index (κ1) is 11.9. The highest BCUT2D eigenvalue weighted by Gasteiger charge is 2.19. The Hall–Kier alpha value is -1.22. The Balaban J connectivity index is 3.30. The molecule has 0 aliphatic heterocycles. The second-order valence-corrected chi connectivity index (χ2v) is 3.43. The predicted molar refractivity (Wildman–Crippen MR) is 52.8 cm³/mol. The zero-order chi connectivity index (χ0) is 11.4. The predicted octanol–water partition coefficient (Wildman–Crippen LogP) is 2.86. The van der Waals surface area contributed by atoms with Gasteiger partial charge in [-0.25, -0.2) is 8.78 Å². The Morgan fingerprint density at radius 1 is 1.67 bits per heavy atom. The molecule has 0 spiro atoms. The fraction of sp³-hybridized carbons (Fsp3) is 0.333. The van der Waals surface area contributed by atoms with Crippen LogP contribution in [0.3, 0.4) is 0 Å². The molecule has 6 heteroatoms. The van der Waals surface area contributed by atoms with E-state index in [1.807, 2.05) is 6.07 Å². The van der Waals surface area contributed by atoms with Crippen LogP contribution in [0.4, 0.5) is 8.78 Å². The molecule has 0 radical (unpaired) electrons. The molecular weight excluding hydrogens is 270 g/mol. The molecule has 0 aliphatic carbocycles. The number of nitrogens with zero attached hydrogens (tertiary/aromatic N) is 2. The summed E-state index contributed by atoms with van der Waals surface area (Å²) in [5.74, 6) is 0.327. The van der Waals surface area contributed by atoms with Gasteiger partial charge in [0.25, 0.3) is 6.43 Å². The number of alkyl halides is 2. The summed E-state index contributed by atoms with van der Waals surface area (Å²) in [5, 5.41) is 8.56. The SMILES string of the molecule is COc1cnc(C(F)F)c(Br)c1CC#N. The summed E-state index contributed by atoms with van der Waals surface area (Å²) in [6.45, 7) is 0. The van der Waals surface area contributed by atoms with Gasteiger partial charge in [0.1, 0.15) is 11.4 Å². The third-order valence-electron chi connectivity index (χ3n) is 1.79. The van der Waals surface area contributed by atoms with E-state index in [-0.39, 0.29) is 16.6 Å². The minimum absolute atomic E-state index is 0.00794. The third-order valence-corrected chi connectivity index (χ3v) is 2.68. The molecule has 1 heterocycles. The van der Waals surface area contributed by atoms with Gasteiger partial charge < -0.3 is 4.74 Å². The van der Waals surface area contributed by atoms with Gasteiger partial charge in [-0.05, 0) is 15.9 Å². The summed E-state index contributed by atoms with van der Waals surface area (Å²) < 4.78 is 30.0. The van der Waals surface area contributed by atoms with Gasteiger partial charge in [-0.15, -0.1) is 0 Å². The van der Waals surface area contributed by atoms with E-state index in [2.05, 4.69) is 20.9 Å². The molecule has 80 valence electrons. The van der Waals surface area contributed by atoms with Crippen LogP contribution in [0.15, 0.2) is 10.7 Å². The molecule has 0 aromatic carbocycles. The Labute approximate surface area is 93.8 Å². The third kappa shape index (κ3) is 2.42. The normalized spacial score (nSPS) is 10.1. The molecule has 1 aromatic rings. The Morgan fingerprint density at radius 3 is 2.80 bits per heavy atom. The van der Waals surface area contributed by atoms with Gasteiger partial charge in [-0.2, -0.15) is 5.26 Å². The van der Waals surface area contributed by atoms with E-state index in [4.69, 9.17) is 10.00 Å². The fourth-order valence-corrected chi connectivity index (χ4v) is 1.71. The number of methoxy groups -OCH3 is 1. The summed E-state index contributed by atoms with van der Waals surface area (Å²) in [6, 6.07) is 1.88. The molecule has 0 amide bonds. The van der Waals surface area contributed by atoms with E-state index < -0.39 is 6.43 Å². The van der Waals surface area contributed by atoms with E-state index in [1.165, 1.54) is 13.3 Å². The minimum Gasteiger partial charge on any atom is -0.495 e. The molecule has 15 heavy (non-hydrogen) atoms. The molecule has 3 nitrogen and oxygen atoms in total. The largest absolute Gasteiger partial charge is 0.495 e. The number of hydrogen-bond donors (Lipinski definition) is 0. The maximum atomic E-state index is 12.5. The highest BCUT2D eigenvalue weighted by Crippen LogP contribution is 2.33. The average Bonchev–Trinajstić information content (AvgIpc) is 2.20. The van der Waals surface area contributed by atoms with Crippen LogP contribution in [-0.2, 0) is 6.42 Å². The van der Waals surface area contributed by atoms with E-state index >= 15 is 0 Å². The number of ether oxygens (including phenoxy) is 1. The Kier molecular flexibility index (Phi) is 3.97. The van der Waals surface area contributed by atoms with Gasteiger partial charge in [0, 0.05) is 5.56 Å². The smallest absolute Gasteiger partial charge is 0.281 e. The van der Waals surface area contributed by atoms with Crippen molar-refractivity contribution < 1.29 is 13.5 Å². The van der Waals surface area contributed by atoms with Crippen molar-refractivity contribution in [3.05, 3.63) is 21.9 Å². The number of nitriles is 1. The summed E-state index contributed by atoms with van der Waals surface area (Å²) in [7, 11) is 1.40. The zero-order valence-corrected chi connectivity index (χ0v) is 9.38. The Morgan fingerprint density at radius 2 is 2.33 bits per heavy atom. The molecule has 0 fully saturated rings. The van der Waals surface area contributed by atoms with Crippen molar-refractivity contribution >= 4 is 15.9 Å². The van der Waals surface area contributed by atoms with Gasteiger partial charge in [0.2, 0.25) is 0 Å². The molecule has 0 aliphatic rings. The monoisotopic (exact) mass is 276 g/mol. The van der Waals surface area contributed by atoms with Gasteiger partial charge in [-0.1, -0.05) is 0 Å². The van der Waals surface area contributed by atoms with Crippen molar-refractivity contribution in [1.29, 1.82) is 5.26 Å². The van der Waals surface area contributed by atoms with Crippen LogP contribution in [0.5, 0.6) is 5.75 Å². The molecule has 1 rings (SSSR count). The van der Waals surface area contributed by atoms with E-state index in [1.54, 1.807) is 0 Å². The van der Waals surface area contributed by atoms with Crippen molar-refractivity contribution in [1.82, 2.24) is 4.98 Å². The minimum atomic E-state index is -2.68. The topological polar surface area (TPSA) is 45.9 Å². The molecule has 0 N–H and O–H groups in total. The standard InChI is InChI=1S/C9H7BrF2N2O/c1-15-6-4-14-8(9(11)12)7(10)5(6)2-3-13/h4,9H,2H2,1H3. The summed E-state index contributed by atoms with van der Waals surface area (Å²) in [5.41, 5.74) is 0.0198. The van der Waals surface area contributed by atoms with Crippen molar-refractivity contribution in [2.24, 2.45) is 0 Å². The lowest BCUT2D eigenvalue weighted by Crippen LogP contribution is -2.00. The van der Waals surface area contributed by atoms with Crippen molar-refractivity contribution in [2.75, 3.05) is 7.11 Å². The van der Waals surface area contributed by atoms with Crippen LogP contribution < -0.4 is 4.74 Å². The summed E-state index contributed by atoms with van der Waals surface area (Å²) in [6.07, 6.45) is -1.49. The zero-order valence-electron chi connectivity index (χ0n) is 7.80. The lowest BCUT2D eigenvalue weighted by atomic mass is 10.1. The van der Waals surface area contributed by atoms with Gasteiger partial charge in [0.15, 0.2) is 0 Å². The second kappa shape index (κ2) is 5.03. The van der Waals surface area contributed by atoms with Crippen LogP contribution in [0, 0.1) is 11.3 Å². The molecule has 0 unspecified atom stereocenters. The van der Waals surface area contributed by atoms with Gasteiger partial charge in [0.05, 0.1) is 30.3 Å². The number of hydrogen-bond acceptors (Lipinski definition) is 3. The summed E-state index contributed by atoms with van der Waals surface area (Å²) in [4.78, 5) is 3.56. The lowest BCUT2D eigenvalue weighted by Gasteiger charge is -2.10. The van der Waals surface area contributed by atoms with E-state index in [9.17, 15) is 8.78 Å². The number of pyridine rings is 1. The first-order valence-electron chi connectivity index (χ1n) is 3.98. The van der Waals surface area contributed by atoms with Crippen LogP contribution in [-0.4, -0.2) is 12.1 Å². The number of aromatic nitrogens is 1. The highest BCUT2D eigenvalue weighted by atomic mass is 79.9. The van der Waals surface area contributed by atoms with Crippen molar-refractivity contribution in [3.63, 3.8) is 0 Å². The number of halogens is 3. The quantitative estimate of drug-likeness (QED) is 0.853. The molecular formula is C9H7BrF2N2O. The first-order valence-corrected chi connectivity index (χ1v) is 4.77. The van der Waals surface area contributed by atoms with E-state index in [0.717, 1.165) is 0 Å². The van der Waals surface area contributed by atoms with Crippen LogP contribution >= 0.6 is 15.9 Å². The fourth-order valence-electron chi connectivity index (χ4n) is 1.10. The van der Waals surface area contributed by atoms with Crippen LogP contribution in [0.1, 0.15) is 17.7 Å². The molecule has 0 atom stereocenters. The summed E-state index contributed by atoms with van der Waals surface area (Å²) >= 11 is 3.00. The lowest BCUT2D eigenvalue weighted by molar-refractivity contribution is 0.145. The molecule has 0 saturated heterocycles. The maximum absolute atomic E-state index is 12.5. The van der Waals surface area contributed by atoms with Crippen LogP contribution in [0.2, 0.25) is 0 Å². The van der Waals surface area contributed by atoms with Gasteiger partial charge in [-0.3, -0.25) is 4.98 Å². The van der Waals surface area contributed by atoms with E-state index in [0.29, 0.717) is 11.3 Å². The molecule has 0 saturated carbocycles. The maximum Gasteiger partial charge on any atom is 0.281 e. The van der Waals surface area contributed by atoms with Gasteiger partial charge >= 0.3 is 0 Å². The Bertz CT molecular complexity index is 404. The highest BCUT2D eigenvalue weighted by molar-refractivity contribution is 9.10. The molecule has 1 aromatic heterocycles. The average molecular weight is 277 g/mol. The molecule has 0 bridgehead atoms. The number of rotatable bonds is 3. The van der Waals surface area contributed by atoms with Crippen molar-refractivity contribution in [3.8, 4) is 11.8 Å². The second-order valence-electron chi connectivity index (χ2n) is 2.64. The van der Waals surface area contributed by atoms with Crippen molar-refractivity contribution in [2.45, 2.75) is 12.8 Å². The first-order chi connectivity index (χ1) is 7.11.